The second-order valence-corrected chi connectivity index (χ2v) is 6.45. The Kier molecular flexibility index (Phi) is 3.08. The van der Waals surface area contributed by atoms with Crippen molar-refractivity contribution >= 4 is 21.8 Å². The molecule has 0 saturated carbocycles. The molecule has 2 heterocycles. The number of amides is 2. The second kappa shape index (κ2) is 4.65. The zero-order valence-corrected chi connectivity index (χ0v) is 11.3. The molecule has 1 aromatic rings. The molecule has 8 heteroatoms. The summed E-state index contributed by atoms with van der Waals surface area (Å²) in [6.45, 7) is 1.27. The fourth-order valence-electron chi connectivity index (χ4n) is 2.24. The molecule has 0 aliphatic carbocycles. The molecule has 2 amide bonds. The Morgan fingerprint density at radius 2 is 1.70 bits per heavy atom. The van der Waals surface area contributed by atoms with Gasteiger partial charge in [-0.15, -0.1) is 0 Å². The molecule has 20 heavy (non-hydrogen) atoms. The van der Waals surface area contributed by atoms with Gasteiger partial charge in [-0.3, -0.25) is 14.9 Å². The number of fused-ring (bicyclic) bond motifs is 1. The van der Waals surface area contributed by atoms with Crippen molar-refractivity contribution in [3.05, 3.63) is 29.3 Å². The predicted octanol–water partition coefficient (Wildman–Crippen LogP) is -0.409. The minimum Gasteiger partial charge on any atom is -0.379 e. The number of imide groups is 1. The number of rotatable bonds is 2. The molecule has 0 radical (unpaired) electrons. The van der Waals surface area contributed by atoms with Crippen LogP contribution >= 0.6 is 0 Å². The lowest BCUT2D eigenvalue weighted by Crippen LogP contribution is -2.40. The number of ether oxygens (including phenoxy) is 1. The van der Waals surface area contributed by atoms with Crippen LogP contribution in [-0.4, -0.2) is 50.8 Å². The van der Waals surface area contributed by atoms with Crippen LogP contribution in [0.5, 0.6) is 0 Å². The van der Waals surface area contributed by atoms with Crippen molar-refractivity contribution in [1.82, 2.24) is 9.62 Å². The minimum absolute atomic E-state index is 0.0167. The summed E-state index contributed by atoms with van der Waals surface area (Å²) in [4.78, 5) is 23.0. The standard InChI is InChI=1S/C12H12N2O5S/c15-11-9-2-1-8(7-10(9)12(16)13-11)20(17,18)14-3-5-19-6-4-14/h1-2,7H,3-6H2,(H,13,15,16). The molecule has 1 aromatic carbocycles. The summed E-state index contributed by atoms with van der Waals surface area (Å²) in [7, 11) is -3.66. The van der Waals surface area contributed by atoms with E-state index in [4.69, 9.17) is 4.74 Å². The lowest BCUT2D eigenvalue weighted by atomic mass is 10.1. The van der Waals surface area contributed by atoms with Gasteiger partial charge in [0.25, 0.3) is 11.8 Å². The van der Waals surface area contributed by atoms with Gasteiger partial charge >= 0.3 is 0 Å². The van der Waals surface area contributed by atoms with Crippen molar-refractivity contribution in [2.45, 2.75) is 4.90 Å². The Balaban J connectivity index is 2.01. The van der Waals surface area contributed by atoms with Gasteiger partial charge in [-0.25, -0.2) is 8.42 Å². The normalized spacial score (nSPS) is 19.8. The molecule has 7 nitrogen and oxygen atoms in total. The molecule has 0 spiro atoms. The van der Waals surface area contributed by atoms with E-state index in [0.717, 1.165) is 0 Å². The maximum absolute atomic E-state index is 12.4. The molecule has 1 N–H and O–H groups in total. The molecule has 3 rings (SSSR count). The Morgan fingerprint density at radius 1 is 1.05 bits per heavy atom. The summed E-state index contributed by atoms with van der Waals surface area (Å²) >= 11 is 0. The molecule has 1 fully saturated rings. The van der Waals surface area contributed by atoms with Gasteiger partial charge < -0.3 is 4.74 Å². The highest BCUT2D eigenvalue weighted by Gasteiger charge is 2.31. The molecular weight excluding hydrogens is 284 g/mol. The van der Waals surface area contributed by atoms with Crippen LogP contribution in [0.2, 0.25) is 0 Å². The largest absolute Gasteiger partial charge is 0.379 e. The zero-order valence-electron chi connectivity index (χ0n) is 10.5. The van der Waals surface area contributed by atoms with Gasteiger partial charge in [0.05, 0.1) is 29.2 Å². The van der Waals surface area contributed by atoms with Gasteiger partial charge in [-0.2, -0.15) is 4.31 Å². The molecule has 1 saturated heterocycles. The van der Waals surface area contributed by atoms with Gasteiger partial charge in [-0.05, 0) is 18.2 Å². The smallest absolute Gasteiger partial charge is 0.258 e. The summed E-state index contributed by atoms with van der Waals surface area (Å²) in [5, 5.41) is 2.13. The predicted molar refractivity (Wildman–Crippen MR) is 67.8 cm³/mol. The number of hydrogen-bond donors (Lipinski definition) is 1. The van der Waals surface area contributed by atoms with E-state index in [-0.39, 0.29) is 29.1 Å². The van der Waals surface area contributed by atoms with Crippen LogP contribution in [0.1, 0.15) is 20.7 Å². The summed E-state index contributed by atoms with van der Waals surface area (Å²) in [5.41, 5.74) is 0.306. The first kappa shape index (κ1) is 13.2. The fraction of sp³-hybridized carbons (Fsp3) is 0.333. The van der Waals surface area contributed by atoms with Crippen LogP contribution in [0.25, 0.3) is 0 Å². The second-order valence-electron chi connectivity index (χ2n) is 4.51. The molecule has 2 aliphatic rings. The van der Waals surface area contributed by atoms with Crippen molar-refractivity contribution in [1.29, 1.82) is 0 Å². The third-order valence-corrected chi connectivity index (χ3v) is 5.21. The maximum atomic E-state index is 12.4. The van der Waals surface area contributed by atoms with Crippen LogP contribution in [0.15, 0.2) is 23.1 Å². The van der Waals surface area contributed by atoms with Crippen LogP contribution in [-0.2, 0) is 14.8 Å². The molecule has 0 aromatic heterocycles. The molecule has 0 unspecified atom stereocenters. The number of nitrogens with zero attached hydrogens (tertiary/aromatic N) is 1. The van der Waals surface area contributed by atoms with E-state index < -0.39 is 21.8 Å². The maximum Gasteiger partial charge on any atom is 0.258 e. The first-order chi connectivity index (χ1) is 9.50. The number of benzene rings is 1. The Hall–Kier alpha value is -1.77. The molecular formula is C12H12N2O5S. The molecule has 106 valence electrons. The molecule has 0 bridgehead atoms. The topological polar surface area (TPSA) is 92.8 Å². The zero-order chi connectivity index (χ0) is 14.3. The van der Waals surface area contributed by atoms with Crippen LogP contribution in [0.4, 0.5) is 0 Å². The van der Waals surface area contributed by atoms with Gasteiger partial charge in [-0.1, -0.05) is 0 Å². The lowest BCUT2D eigenvalue weighted by molar-refractivity contribution is 0.0730. The first-order valence-electron chi connectivity index (χ1n) is 6.08. The highest BCUT2D eigenvalue weighted by molar-refractivity contribution is 7.89. The highest BCUT2D eigenvalue weighted by Crippen LogP contribution is 2.23. The average molecular weight is 296 g/mol. The summed E-state index contributed by atoms with van der Waals surface area (Å²) in [5.74, 6) is -1.07. The third kappa shape index (κ3) is 2.01. The van der Waals surface area contributed by atoms with Gasteiger partial charge in [0.2, 0.25) is 10.0 Å². The highest BCUT2D eigenvalue weighted by atomic mass is 32.2. The van der Waals surface area contributed by atoms with E-state index in [2.05, 4.69) is 5.32 Å². The summed E-state index contributed by atoms with van der Waals surface area (Å²) in [6, 6.07) is 3.96. The van der Waals surface area contributed by atoms with E-state index in [1.807, 2.05) is 0 Å². The van der Waals surface area contributed by atoms with Crippen molar-refractivity contribution in [2.24, 2.45) is 0 Å². The monoisotopic (exact) mass is 296 g/mol. The number of carbonyl (C=O) groups excluding carboxylic acids is 2. The lowest BCUT2D eigenvalue weighted by Gasteiger charge is -2.26. The van der Waals surface area contributed by atoms with E-state index in [0.29, 0.717) is 13.2 Å². The quantitative estimate of drug-likeness (QED) is 0.749. The Labute approximate surface area is 115 Å². The number of sulfonamides is 1. The Bertz CT molecular complexity index is 692. The van der Waals surface area contributed by atoms with Crippen LogP contribution in [0, 0.1) is 0 Å². The summed E-state index contributed by atoms with van der Waals surface area (Å²) < 4.78 is 31.3. The fourth-order valence-corrected chi connectivity index (χ4v) is 3.68. The first-order valence-corrected chi connectivity index (χ1v) is 7.52. The third-order valence-electron chi connectivity index (χ3n) is 3.32. The van der Waals surface area contributed by atoms with Gasteiger partial charge in [0.15, 0.2) is 0 Å². The Morgan fingerprint density at radius 3 is 2.40 bits per heavy atom. The molecule has 2 aliphatic heterocycles. The number of carbonyl (C=O) groups is 2. The van der Waals surface area contributed by atoms with E-state index in [9.17, 15) is 18.0 Å². The van der Waals surface area contributed by atoms with Crippen molar-refractivity contribution in [3.63, 3.8) is 0 Å². The average Bonchev–Trinajstić information content (AvgIpc) is 2.75. The SMILES string of the molecule is O=C1NC(=O)c2cc(S(=O)(=O)N3CCOCC3)ccc21. The number of hydrogen-bond acceptors (Lipinski definition) is 5. The number of nitrogens with one attached hydrogen (secondary N) is 1. The van der Waals surface area contributed by atoms with E-state index in [1.165, 1.54) is 22.5 Å². The van der Waals surface area contributed by atoms with Crippen molar-refractivity contribution < 1.29 is 22.7 Å². The minimum atomic E-state index is -3.66. The van der Waals surface area contributed by atoms with Crippen LogP contribution < -0.4 is 5.32 Å². The van der Waals surface area contributed by atoms with Gasteiger partial charge in [0.1, 0.15) is 0 Å². The summed E-state index contributed by atoms with van der Waals surface area (Å²) in [6.07, 6.45) is 0. The van der Waals surface area contributed by atoms with Crippen LogP contribution in [0.3, 0.4) is 0 Å². The van der Waals surface area contributed by atoms with Crippen molar-refractivity contribution in [3.8, 4) is 0 Å². The molecule has 0 atom stereocenters. The van der Waals surface area contributed by atoms with Crippen molar-refractivity contribution in [2.75, 3.05) is 26.3 Å². The van der Waals surface area contributed by atoms with E-state index in [1.54, 1.807) is 0 Å². The van der Waals surface area contributed by atoms with Gasteiger partial charge in [0, 0.05) is 13.1 Å². The van der Waals surface area contributed by atoms with E-state index >= 15 is 0 Å². The number of morpholine rings is 1.